The highest BCUT2D eigenvalue weighted by Crippen LogP contribution is 2.24. The van der Waals surface area contributed by atoms with Crippen LogP contribution in [0.4, 0.5) is 0 Å². The largest absolute Gasteiger partial charge is 0.422 e. The van der Waals surface area contributed by atoms with Gasteiger partial charge in [-0.15, -0.1) is 10.2 Å². The van der Waals surface area contributed by atoms with E-state index in [2.05, 4.69) is 26.1 Å². The first kappa shape index (κ1) is 11.7. The van der Waals surface area contributed by atoms with Crippen molar-refractivity contribution in [1.82, 2.24) is 10.2 Å². The van der Waals surface area contributed by atoms with E-state index >= 15 is 0 Å². The number of rotatable bonds is 5. The molecule has 0 amide bonds. The second kappa shape index (κ2) is 5.46. The Labute approximate surface area is 92.2 Å². The highest BCUT2D eigenvalue weighted by Gasteiger charge is 2.13. The maximum Gasteiger partial charge on any atom is 0.242 e. The van der Waals surface area contributed by atoms with Crippen LogP contribution < -0.4 is 0 Å². The Morgan fingerprint density at radius 1 is 1.43 bits per heavy atom. The summed E-state index contributed by atoms with van der Waals surface area (Å²) in [6.45, 7) is 6.37. The van der Waals surface area contributed by atoms with Crippen molar-refractivity contribution < 1.29 is 9.15 Å². The van der Waals surface area contributed by atoms with Crippen LogP contribution in [0.2, 0.25) is 0 Å². The first-order valence-electron chi connectivity index (χ1n) is 4.71. The van der Waals surface area contributed by atoms with Crippen LogP contribution in [0.5, 0.6) is 0 Å². The molecule has 1 heterocycles. The lowest BCUT2D eigenvalue weighted by Crippen LogP contribution is -2.02. The molecule has 0 saturated heterocycles. The zero-order chi connectivity index (χ0) is 10.6. The molecule has 14 heavy (non-hydrogen) atoms. The molecule has 0 aliphatic rings. The molecule has 0 spiro atoms. The fourth-order valence-electron chi connectivity index (χ4n) is 0.864. The lowest BCUT2D eigenvalue weighted by Gasteiger charge is -2.03. The molecule has 0 aromatic carbocycles. The molecule has 1 atom stereocenters. The van der Waals surface area contributed by atoms with E-state index in [1.165, 1.54) is 0 Å². The molecule has 1 aromatic heterocycles. The Morgan fingerprint density at radius 3 is 2.71 bits per heavy atom. The summed E-state index contributed by atoms with van der Waals surface area (Å²) >= 11 is 3.44. The summed E-state index contributed by atoms with van der Waals surface area (Å²) in [5, 5.41) is 7.81. The van der Waals surface area contributed by atoms with Gasteiger partial charge in [0, 0.05) is 0 Å². The van der Waals surface area contributed by atoms with Crippen molar-refractivity contribution in [2.24, 2.45) is 0 Å². The molecule has 1 aromatic rings. The molecule has 0 saturated carbocycles. The molecule has 80 valence electrons. The second-order valence-electron chi connectivity index (χ2n) is 3.27. The molecule has 1 rings (SSSR count). The molecule has 0 bridgehead atoms. The Hall–Kier alpha value is -0.420. The van der Waals surface area contributed by atoms with Gasteiger partial charge in [0.15, 0.2) is 0 Å². The number of ether oxygens (including phenoxy) is 1. The molecule has 0 N–H and O–H groups in total. The van der Waals surface area contributed by atoms with Gasteiger partial charge in [0.25, 0.3) is 0 Å². The number of halogens is 1. The van der Waals surface area contributed by atoms with Gasteiger partial charge in [-0.1, -0.05) is 22.9 Å². The van der Waals surface area contributed by atoms with Crippen LogP contribution in [0.1, 0.15) is 43.8 Å². The zero-order valence-electron chi connectivity index (χ0n) is 8.66. The van der Waals surface area contributed by atoms with Gasteiger partial charge < -0.3 is 9.15 Å². The first-order valence-corrected chi connectivity index (χ1v) is 5.63. The van der Waals surface area contributed by atoms with Gasteiger partial charge >= 0.3 is 0 Å². The van der Waals surface area contributed by atoms with E-state index in [0.29, 0.717) is 18.4 Å². The van der Waals surface area contributed by atoms with Gasteiger partial charge in [-0.25, -0.2) is 0 Å². The maximum absolute atomic E-state index is 5.39. The van der Waals surface area contributed by atoms with Crippen LogP contribution in [0.25, 0.3) is 0 Å². The topological polar surface area (TPSA) is 48.2 Å². The first-order chi connectivity index (χ1) is 6.63. The van der Waals surface area contributed by atoms with Crippen LogP contribution >= 0.6 is 15.9 Å². The van der Waals surface area contributed by atoms with Gasteiger partial charge in [-0.05, 0) is 20.3 Å². The number of hydrogen-bond acceptors (Lipinski definition) is 4. The molecular formula is C9H15BrN2O2. The monoisotopic (exact) mass is 262 g/mol. The summed E-state index contributed by atoms with van der Waals surface area (Å²) in [6, 6.07) is 0. The molecule has 1 unspecified atom stereocenters. The van der Waals surface area contributed by atoms with E-state index in [9.17, 15) is 0 Å². The summed E-state index contributed by atoms with van der Waals surface area (Å²) < 4.78 is 10.7. The molecular weight excluding hydrogens is 248 g/mol. The van der Waals surface area contributed by atoms with Crippen molar-refractivity contribution >= 4 is 15.9 Å². The molecule has 4 nitrogen and oxygen atoms in total. The number of alkyl halides is 1. The van der Waals surface area contributed by atoms with Crippen molar-refractivity contribution in [2.75, 3.05) is 0 Å². The average Bonchev–Trinajstić information content (AvgIpc) is 2.62. The van der Waals surface area contributed by atoms with E-state index in [1.807, 2.05) is 20.8 Å². The lowest BCUT2D eigenvalue weighted by atomic mass is 10.3. The quantitative estimate of drug-likeness (QED) is 0.766. The third-order valence-corrected chi connectivity index (χ3v) is 2.69. The minimum absolute atomic E-state index is 0.141. The van der Waals surface area contributed by atoms with Crippen LogP contribution in [0.3, 0.4) is 0 Å². The normalized spacial score (nSPS) is 13.5. The predicted octanol–water partition coefficient (Wildman–Crippen LogP) is 2.84. The Morgan fingerprint density at radius 2 is 2.14 bits per heavy atom. The molecule has 5 heteroatoms. The van der Waals surface area contributed by atoms with Crippen LogP contribution in [0, 0.1) is 0 Å². The van der Waals surface area contributed by atoms with Crippen LogP contribution in [0.15, 0.2) is 4.42 Å². The summed E-state index contributed by atoms with van der Waals surface area (Å²) in [4.78, 5) is 0.141. The molecule has 0 aliphatic heterocycles. The Bertz CT molecular complexity index is 276. The summed E-state index contributed by atoms with van der Waals surface area (Å²) in [5.41, 5.74) is 0. The van der Waals surface area contributed by atoms with E-state index < -0.39 is 0 Å². The van der Waals surface area contributed by atoms with Crippen LogP contribution in [-0.4, -0.2) is 16.3 Å². The Balaban J connectivity index is 2.50. The van der Waals surface area contributed by atoms with Crippen LogP contribution in [-0.2, 0) is 11.3 Å². The lowest BCUT2D eigenvalue weighted by molar-refractivity contribution is 0.0511. The minimum Gasteiger partial charge on any atom is -0.422 e. The Kier molecular flexibility index (Phi) is 4.54. The summed E-state index contributed by atoms with van der Waals surface area (Å²) in [5.74, 6) is 1.15. The van der Waals surface area contributed by atoms with Crippen molar-refractivity contribution in [3.8, 4) is 0 Å². The average molecular weight is 263 g/mol. The van der Waals surface area contributed by atoms with E-state index in [0.717, 1.165) is 6.42 Å². The van der Waals surface area contributed by atoms with Crippen molar-refractivity contribution in [2.45, 2.75) is 44.7 Å². The van der Waals surface area contributed by atoms with Gasteiger partial charge in [-0.3, -0.25) is 0 Å². The number of hydrogen-bond donors (Lipinski definition) is 0. The fraction of sp³-hybridized carbons (Fsp3) is 0.778. The minimum atomic E-state index is 0.141. The number of nitrogens with zero attached hydrogens (tertiary/aromatic N) is 2. The molecule has 0 fully saturated rings. The van der Waals surface area contributed by atoms with Crippen molar-refractivity contribution in [3.63, 3.8) is 0 Å². The summed E-state index contributed by atoms with van der Waals surface area (Å²) in [6.07, 6.45) is 1.10. The number of aromatic nitrogens is 2. The zero-order valence-corrected chi connectivity index (χ0v) is 10.2. The van der Waals surface area contributed by atoms with E-state index in [-0.39, 0.29) is 10.9 Å². The van der Waals surface area contributed by atoms with Gasteiger partial charge in [0.05, 0.1) is 10.9 Å². The van der Waals surface area contributed by atoms with Gasteiger partial charge in [0.1, 0.15) is 6.61 Å². The highest BCUT2D eigenvalue weighted by molar-refractivity contribution is 9.09. The van der Waals surface area contributed by atoms with E-state index in [1.54, 1.807) is 0 Å². The van der Waals surface area contributed by atoms with Gasteiger partial charge in [0.2, 0.25) is 11.8 Å². The second-order valence-corrected chi connectivity index (χ2v) is 4.37. The molecule has 0 aliphatic carbocycles. The third kappa shape index (κ3) is 3.38. The fourth-order valence-corrected chi connectivity index (χ4v) is 1.05. The predicted molar refractivity (Wildman–Crippen MR) is 56.2 cm³/mol. The van der Waals surface area contributed by atoms with E-state index in [4.69, 9.17) is 9.15 Å². The van der Waals surface area contributed by atoms with Gasteiger partial charge in [-0.2, -0.15) is 0 Å². The molecule has 0 radical (unpaired) electrons. The summed E-state index contributed by atoms with van der Waals surface area (Å²) in [7, 11) is 0. The SMILES string of the molecule is CCC(Br)c1nnc(COC(C)C)o1. The highest BCUT2D eigenvalue weighted by atomic mass is 79.9. The maximum atomic E-state index is 5.39. The van der Waals surface area contributed by atoms with Crippen molar-refractivity contribution in [1.29, 1.82) is 0 Å². The standard InChI is InChI=1S/C9H15BrN2O2/c1-4-7(10)9-12-11-8(14-9)5-13-6(2)3/h6-7H,4-5H2,1-3H3. The smallest absolute Gasteiger partial charge is 0.242 e. The third-order valence-electron chi connectivity index (χ3n) is 1.65. The van der Waals surface area contributed by atoms with Crippen molar-refractivity contribution in [3.05, 3.63) is 11.8 Å².